The molecule has 130 valence electrons. The highest BCUT2D eigenvalue weighted by Gasteiger charge is 2.12. The molecular weight excluding hydrogens is 303 g/mol. The van der Waals surface area contributed by atoms with Gasteiger partial charge in [0.15, 0.2) is 5.78 Å². The standard InChI is InChI=1S/C16H31O5P/c1-15(2)16(17)13-11-9-7-5-3-4-6-8-10-12-14-21-22(18,19)20/h1,3-14H2,2H3,(H2,18,19,20). The third-order valence-corrected chi connectivity index (χ3v) is 4.05. The summed E-state index contributed by atoms with van der Waals surface area (Å²) in [7, 11) is -4.28. The molecule has 0 saturated heterocycles. The van der Waals surface area contributed by atoms with Crippen LogP contribution in [0.5, 0.6) is 0 Å². The van der Waals surface area contributed by atoms with E-state index in [1.54, 1.807) is 6.92 Å². The summed E-state index contributed by atoms with van der Waals surface area (Å²) < 4.78 is 14.8. The summed E-state index contributed by atoms with van der Waals surface area (Å²) in [5, 5.41) is 0. The summed E-state index contributed by atoms with van der Waals surface area (Å²) in [6.07, 6.45) is 11.4. The Morgan fingerprint density at radius 2 is 1.32 bits per heavy atom. The van der Waals surface area contributed by atoms with Crippen LogP contribution in [0.25, 0.3) is 0 Å². The van der Waals surface area contributed by atoms with Gasteiger partial charge in [0, 0.05) is 6.42 Å². The van der Waals surface area contributed by atoms with Gasteiger partial charge >= 0.3 is 7.82 Å². The highest BCUT2D eigenvalue weighted by atomic mass is 31.2. The van der Waals surface area contributed by atoms with Crippen molar-refractivity contribution in [1.29, 1.82) is 0 Å². The summed E-state index contributed by atoms with van der Waals surface area (Å²) in [6, 6.07) is 0. The molecule has 0 fully saturated rings. The summed E-state index contributed by atoms with van der Waals surface area (Å²) in [5.74, 6) is 0.183. The average molecular weight is 334 g/mol. The fourth-order valence-corrected chi connectivity index (χ4v) is 2.57. The largest absolute Gasteiger partial charge is 0.469 e. The van der Waals surface area contributed by atoms with Gasteiger partial charge < -0.3 is 9.79 Å². The zero-order valence-electron chi connectivity index (χ0n) is 13.8. The minimum Gasteiger partial charge on any atom is -0.303 e. The SMILES string of the molecule is C=C(C)C(=O)CCCCCCCCCCCCOP(=O)(O)O. The molecule has 0 amide bonds. The molecule has 0 aromatic heterocycles. The van der Waals surface area contributed by atoms with Crippen LogP contribution < -0.4 is 0 Å². The number of carbonyl (C=O) groups is 1. The first-order valence-corrected chi connectivity index (χ1v) is 9.75. The average Bonchev–Trinajstić information content (AvgIpc) is 2.42. The van der Waals surface area contributed by atoms with E-state index in [9.17, 15) is 9.36 Å². The van der Waals surface area contributed by atoms with Crippen LogP contribution in [-0.2, 0) is 13.9 Å². The fraction of sp³-hybridized carbons (Fsp3) is 0.812. The van der Waals surface area contributed by atoms with E-state index in [0.717, 1.165) is 32.1 Å². The quantitative estimate of drug-likeness (QED) is 0.261. The number of hydrogen-bond acceptors (Lipinski definition) is 3. The lowest BCUT2D eigenvalue weighted by molar-refractivity contribution is -0.115. The molecule has 0 atom stereocenters. The Balaban J connectivity index is 3.16. The lowest BCUT2D eigenvalue weighted by Gasteiger charge is -2.05. The normalized spacial score (nSPS) is 11.6. The molecule has 0 aliphatic carbocycles. The molecule has 0 aliphatic heterocycles. The fourth-order valence-electron chi connectivity index (χ4n) is 2.20. The number of phosphoric ester groups is 1. The Kier molecular flexibility index (Phi) is 12.7. The Morgan fingerprint density at radius 1 is 0.909 bits per heavy atom. The van der Waals surface area contributed by atoms with Gasteiger partial charge in [-0.2, -0.15) is 0 Å². The van der Waals surface area contributed by atoms with E-state index < -0.39 is 7.82 Å². The van der Waals surface area contributed by atoms with Gasteiger partial charge in [0.2, 0.25) is 0 Å². The van der Waals surface area contributed by atoms with E-state index in [-0.39, 0.29) is 12.4 Å². The number of Topliss-reactive ketones (excluding diaryl/α,β-unsaturated/α-hetero) is 1. The van der Waals surface area contributed by atoms with Crippen molar-refractivity contribution in [2.24, 2.45) is 0 Å². The molecule has 6 heteroatoms. The van der Waals surface area contributed by atoms with Crippen molar-refractivity contribution in [3.05, 3.63) is 12.2 Å². The van der Waals surface area contributed by atoms with Crippen LogP contribution in [-0.4, -0.2) is 22.2 Å². The molecule has 5 nitrogen and oxygen atoms in total. The van der Waals surface area contributed by atoms with E-state index in [2.05, 4.69) is 11.1 Å². The minimum atomic E-state index is -4.28. The van der Waals surface area contributed by atoms with Crippen LogP contribution in [0.15, 0.2) is 12.2 Å². The van der Waals surface area contributed by atoms with E-state index in [0.29, 0.717) is 18.4 Å². The Hall–Kier alpha value is -0.480. The Bertz CT molecular complexity index is 362. The zero-order chi connectivity index (χ0) is 16.8. The maximum absolute atomic E-state index is 11.3. The van der Waals surface area contributed by atoms with Gasteiger partial charge in [-0.1, -0.05) is 57.9 Å². The lowest BCUT2D eigenvalue weighted by Crippen LogP contribution is -1.97. The first-order chi connectivity index (χ1) is 10.3. The second kappa shape index (κ2) is 13.0. The molecule has 2 N–H and O–H groups in total. The third kappa shape index (κ3) is 15.9. The van der Waals surface area contributed by atoms with E-state index in [4.69, 9.17) is 9.79 Å². The maximum Gasteiger partial charge on any atom is 0.469 e. The Morgan fingerprint density at radius 3 is 1.73 bits per heavy atom. The van der Waals surface area contributed by atoms with Crippen LogP contribution in [0.3, 0.4) is 0 Å². The van der Waals surface area contributed by atoms with Gasteiger partial charge in [-0.15, -0.1) is 0 Å². The number of carbonyl (C=O) groups excluding carboxylic acids is 1. The smallest absolute Gasteiger partial charge is 0.303 e. The summed E-state index contributed by atoms with van der Waals surface area (Å²) in [6.45, 7) is 5.54. The molecule has 0 aromatic rings. The molecule has 22 heavy (non-hydrogen) atoms. The van der Waals surface area contributed by atoms with Gasteiger partial charge in [-0.05, 0) is 25.3 Å². The lowest BCUT2D eigenvalue weighted by atomic mass is 10.0. The highest BCUT2D eigenvalue weighted by Crippen LogP contribution is 2.35. The topological polar surface area (TPSA) is 83.8 Å². The van der Waals surface area contributed by atoms with E-state index >= 15 is 0 Å². The maximum atomic E-state index is 11.3. The molecule has 0 saturated carbocycles. The van der Waals surface area contributed by atoms with Gasteiger partial charge in [-0.3, -0.25) is 9.32 Å². The second-order valence-electron chi connectivity index (χ2n) is 5.81. The molecule has 0 radical (unpaired) electrons. The van der Waals surface area contributed by atoms with Gasteiger partial charge in [0.05, 0.1) is 6.61 Å². The van der Waals surface area contributed by atoms with Crippen molar-refractivity contribution in [2.45, 2.75) is 77.6 Å². The number of allylic oxidation sites excluding steroid dienone is 1. The monoisotopic (exact) mass is 334 g/mol. The highest BCUT2D eigenvalue weighted by molar-refractivity contribution is 7.46. The zero-order valence-corrected chi connectivity index (χ0v) is 14.7. The van der Waals surface area contributed by atoms with Gasteiger partial charge in [0.1, 0.15) is 0 Å². The van der Waals surface area contributed by atoms with Crippen molar-refractivity contribution >= 4 is 13.6 Å². The molecule has 0 bridgehead atoms. The first kappa shape index (κ1) is 21.5. The van der Waals surface area contributed by atoms with E-state index in [1.165, 1.54) is 25.7 Å². The number of hydrogen-bond donors (Lipinski definition) is 2. The predicted molar refractivity (Wildman–Crippen MR) is 88.6 cm³/mol. The van der Waals surface area contributed by atoms with Crippen LogP contribution >= 0.6 is 7.82 Å². The number of phosphoric acid groups is 1. The number of rotatable bonds is 15. The van der Waals surface area contributed by atoms with Crippen LogP contribution in [0.4, 0.5) is 0 Å². The second-order valence-corrected chi connectivity index (χ2v) is 7.05. The summed E-state index contributed by atoms with van der Waals surface area (Å²) >= 11 is 0. The molecule has 0 aromatic carbocycles. The van der Waals surface area contributed by atoms with Crippen molar-refractivity contribution in [1.82, 2.24) is 0 Å². The molecule has 0 aliphatic rings. The molecule has 0 unspecified atom stereocenters. The molecule has 0 heterocycles. The number of ketones is 1. The molecule has 0 spiro atoms. The molecular formula is C16H31O5P. The van der Waals surface area contributed by atoms with Gasteiger partial charge in [-0.25, -0.2) is 4.57 Å². The van der Waals surface area contributed by atoms with Crippen molar-refractivity contribution < 1.29 is 23.7 Å². The summed E-state index contributed by atoms with van der Waals surface area (Å²) in [4.78, 5) is 28.3. The summed E-state index contributed by atoms with van der Waals surface area (Å²) in [5.41, 5.74) is 0.659. The van der Waals surface area contributed by atoms with Crippen LogP contribution in [0.2, 0.25) is 0 Å². The van der Waals surface area contributed by atoms with E-state index in [1.807, 2.05) is 0 Å². The third-order valence-electron chi connectivity index (χ3n) is 3.53. The molecule has 0 rings (SSSR count). The Labute approximate surface area is 134 Å². The minimum absolute atomic E-state index is 0.132. The van der Waals surface area contributed by atoms with Crippen molar-refractivity contribution in [3.63, 3.8) is 0 Å². The number of unbranched alkanes of at least 4 members (excludes halogenated alkanes) is 9. The van der Waals surface area contributed by atoms with Gasteiger partial charge in [0.25, 0.3) is 0 Å². The predicted octanol–water partition coefficient (Wildman–Crippen LogP) is 4.53. The van der Waals surface area contributed by atoms with Crippen LogP contribution in [0, 0.1) is 0 Å². The first-order valence-electron chi connectivity index (χ1n) is 8.22. The van der Waals surface area contributed by atoms with Crippen LogP contribution in [0.1, 0.15) is 77.6 Å². The van der Waals surface area contributed by atoms with Crippen molar-refractivity contribution in [2.75, 3.05) is 6.61 Å². The van der Waals surface area contributed by atoms with Crippen molar-refractivity contribution in [3.8, 4) is 0 Å².